The zero-order chi connectivity index (χ0) is 10.7. The Bertz CT molecular complexity index is 447. The van der Waals surface area contributed by atoms with Crippen molar-refractivity contribution in [3.05, 3.63) is 59.9 Å². The lowest BCUT2D eigenvalue weighted by atomic mass is 10.1. The molecule has 1 heterocycles. The molecule has 1 aromatic carbocycles. The first kappa shape index (κ1) is 9.73. The van der Waals surface area contributed by atoms with Crippen molar-refractivity contribution >= 4 is 0 Å². The molecule has 3 nitrogen and oxygen atoms in total. The first-order valence-electron chi connectivity index (χ1n) is 4.48. The molecule has 1 N–H and O–H groups in total. The van der Waals surface area contributed by atoms with Gasteiger partial charge in [0, 0.05) is 12.4 Å². The molecule has 2 aromatic rings. The number of aliphatic hydroxyl groups is 1. The van der Waals surface area contributed by atoms with Crippen molar-refractivity contribution in [2.24, 2.45) is 0 Å². The fourth-order valence-electron chi connectivity index (χ4n) is 1.28. The molecule has 1 atom stereocenters. The predicted octanol–water partition coefficient (Wildman–Crippen LogP) is 1.70. The summed E-state index contributed by atoms with van der Waals surface area (Å²) in [6.45, 7) is 0. The average molecular weight is 204 g/mol. The van der Waals surface area contributed by atoms with Gasteiger partial charge < -0.3 is 5.11 Å². The second kappa shape index (κ2) is 4.14. The van der Waals surface area contributed by atoms with Crippen molar-refractivity contribution in [3.8, 4) is 0 Å². The second-order valence-corrected chi connectivity index (χ2v) is 3.06. The van der Waals surface area contributed by atoms with Crippen molar-refractivity contribution in [1.82, 2.24) is 9.97 Å². The van der Waals surface area contributed by atoms with Crippen molar-refractivity contribution in [3.63, 3.8) is 0 Å². The smallest absolute Gasteiger partial charge is 0.161 e. The molecule has 4 heteroatoms. The molecule has 0 radical (unpaired) electrons. The summed E-state index contributed by atoms with van der Waals surface area (Å²) in [6.07, 6.45) is 2.08. The quantitative estimate of drug-likeness (QED) is 0.809. The van der Waals surface area contributed by atoms with Crippen LogP contribution in [-0.2, 0) is 0 Å². The van der Waals surface area contributed by atoms with E-state index in [1.165, 1.54) is 30.6 Å². The molecule has 0 saturated carbocycles. The van der Waals surface area contributed by atoms with E-state index >= 15 is 0 Å². The average Bonchev–Trinajstić information content (AvgIpc) is 2.29. The fourth-order valence-corrected chi connectivity index (χ4v) is 1.28. The number of aromatic nitrogens is 2. The van der Waals surface area contributed by atoms with Crippen LogP contribution in [0.4, 0.5) is 4.39 Å². The SMILES string of the molecule is OC(c1cccc(F)c1)c1ncccn1. The van der Waals surface area contributed by atoms with E-state index in [1.807, 2.05) is 0 Å². The molecular formula is C11H9FN2O. The largest absolute Gasteiger partial charge is 0.380 e. The van der Waals surface area contributed by atoms with Crippen LogP contribution in [0.1, 0.15) is 17.5 Å². The molecule has 0 amide bonds. The van der Waals surface area contributed by atoms with Gasteiger partial charge >= 0.3 is 0 Å². The first-order valence-corrected chi connectivity index (χ1v) is 4.48. The van der Waals surface area contributed by atoms with Gasteiger partial charge in [0.2, 0.25) is 0 Å². The van der Waals surface area contributed by atoms with Gasteiger partial charge in [-0.15, -0.1) is 0 Å². The lowest BCUT2D eigenvalue weighted by Crippen LogP contribution is -2.04. The van der Waals surface area contributed by atoms with Gasteiger partial charge in [-0.25, -0.2) is 14.4 Å². The van der Waals surface area contributed by atoms with Crippen molar-refractivity contribution < 1.29 is 9.50 Å². The molecule has 1 unspecified atom stereocenters. The molecule has 1 aromatic heterocycles. The van der Waals surface area contributed by atoms with Crippen LogP contribution in [0.2, 0.25) is 0 Å². The highest BCUT2D eigenvalue weighted by Gasteiger charge is 2.12. The number of halogens is 1. The Morgan fingerprint density at radius 2 is 1.87 bits per heavy atom. The maximum absolute atomic E-state index is 12.9. The van der Waals surface area contributed by atoms with Crippen molar-refractivity contribution in [2.45, 2.75) is 6.10 Å². The molecule has 0 aliphatic carbocycles. The van der Waals surface area contributed by atoms with Gasteiger partial charge in [-0.3, -0.25) is 0 Å². The van der Waals surface area contributed by atoms with E-state index in [-0.39, 0.29) is 11.6 Å². The zero-order valence-electron chi connectivity index (χ0n) is 7.84. The van der Waals surface area contributed by atoms with Crippen LogP contribution in [0.3, 0.4) is 0 Å². The van der Waals surface area contributed by atoms with Crippen molar-refractivity contribution in [1.29, 1.82) is 0 Å². The Morgan fingerprint density at radius 3 is 2.53 bits per heavy atom. The number of hydrogen-bond donors (Lipinski definition) is 1. The normalized spacial score (nSPS) is 12.4. The third-order valence-corrected chi connectivity index (χ3v) is 1.99. The number of nitrogens with zero attached hydrogens (tertiary/aromatic N) is 2. The molecule has 0 aliphatic heterocycles. The van der Waals surface area contributed by atoms with Gasteiger partial charge in [0.05, 0.1) is 0 Å². The molecular weight excluding hydrogens is 195 g/mol. The van der Waals surface area contributed by atoms with Crippen LogP contribution in [0.15, 0.2) is 42.7 Å². The van der Waals surface area contributed by atoms with Crippen LogP contribution in [0, 0.1) is 5.82 Å². The number of hydrogen-bond acceptors (Lipinski definition) is 3. The summed E-state index contributed by atoms with van der Waals surface area (Å²) in [7, 11) is 0. The summed E-state index contributed by atoms with van der Waals surface area (Å²) in [5, 5.41) is 9.82. The number of benzene rings is 1. The highest BCUT2D eigenvalue weighted by Crippen LogP contribution is 2.18. The minimum atomic E-state index is -0.984. The van der Waals surface area contributed by atoms with Gasteiger partial charge in [0.1, 0.15) is 11.9 Å². The summed E-state index contributed by atoms with van der Waals surface area (Å²) in [4.78, 5) is 7.80. The Labute approximate surface area is 86.3 Å². The van der Waals surface area contributed by atoms with Gasteiger partial charge in [-0.1, -0.05) is 12.1 Å². The molecule has 0 fully saturated rings. The zero-order valence-corrected chi connectivity index (χ0v) is 7.84. The van der Waals surface area contributed by atoms with Gasteiger partial charge in [-0.05, 0) is 23.8 Å². The standard InChI is InChI=1S/C11H9FN2O/c12-9-4-1-3-8(7-9)10(15)11-13-5-2-6-14-11/h1-7,10,15H. The third-order valence-electron chi connectivity index (χ3n) is 1.99. The number of aliphatic hydroxyl groups excluding tert-OH is 1. The highest BCUT2D eigenvalue weighted by atomic mass is 19.1. The van der Waals surface area contributed by atoms with E-state index in [0.717, 1.165) is 0 Å². The van der Waals surface area contributed by atoms with E-state index in [4.69, 9.17) is 0 Å². The van der Waals surface area contributed by atoms with E-state index in [1.54, 1.807) is 12.1 Å². The molecule has 2 rings (SSSR count). The molecule has 0 bridgehead atoms. The summed E-state index contributed by atoms with van der Waals surface area (Å²) in [5.74, 6) is -0.120. The topological polar surface area (TPSA) is 46.0 Å². The van der Waals surface area contributed by atoms with E-state index in [2.05, 4.69) is 9.97 Å². The molecule has 0 saturated heterocycles. The first-order chi connectivity index (χ1) is 7.27. The fraction of sp³-hybridized carbons (Fsp3) is 0.0909. The second-order valence-electron chi connectivity index (χ2n) is 3.06. The minimum absolute atomic E-state index is 0.267. The molecule has 15 heavy (non-hydrogen) atoms. The summed E-state index contributed by atoms with van der Waals surface area (Å²) in [5.41, 5.74) is 0.446. The highest BCUT2D eigenvalue weighted by molar-refractivity contribution is 5.23. The summed E-state index contributed by atoms with van der Waals surface area (Å²) >= 11 is 0. The molecule has 76 valence electrons. The number of rotatable bonds is 2. The third kappa shape index (κ3) is 2.16. The van der Waals surface area contributed by atoms with Gasteiger partial charge in [0.25, 0.3) is 0 Å². The van der Waals surface area contributed by atoms with Crippen LogP contribution in [0.5, 0.6) is 0 Å². The minimum Gasteiger partial charge on any atom is -0.380 e. The monoisotopic (exact) mass is 204 g/mol. The molecule has 0 aliphatic rings. The van der Waals surface area contributed by atoms with Gasteiger partial charge in [-0.2, -0.15) is 0 Å². The Balaban J connectivity index is 2.32. The van der Waals surface area contributed by atoms with E-state index in [0.29, 0.717) is 5.56 Å². The van der Waals surface area contributed by atoms with Crippen LogP contribution in [0.25, 0.3) is 0 Å². The lowest BCUT2D eigenvalue weighted by molar-refractivity contribution is 0.209. The Hall–Kier alpha value is -1.81. The Morgan fingerprint density at radius 1 is 1.13 bits per heavy atom. The maximum Gasteiger partial charge on any atom is 0.161 e. The maximum atomic E-state index is 12.9. The van der Waals surface area contributed by atoms with Crippen LogP contribution >= 0.6 is 0 Å². The Kier molecular flexibility index (Phi) is 2.69. The van der Waals surface area contributed by atoms with E-state index in [9.17, 15) is 9.50 Å². The molecule has 0 spiro atoms. The van der Waals surface area contributed by atoms with Crippen LogP contribution < -0.4 is 0 Å². The van der Waals surface area contributed by atoms with Crippen LogP contribution in [-0.4, -0.2) is 15.1 Å². The van der Waals surface area contributed by atoms with Gasteiger partial charge in [0.15, 0.2) is 5.82 Å². The summed E-state index contributed by atoms with van der Waals surface area (Å²) < 4.78 is 12.9. The van der Waals surface area contributed by atoms with E-state index < -0.39 is 6.10 Å². The predicted molar refractivity (Wildman–Crippen MR) is 52.5 cm³/mol. The summed E-state index contributed by atoms with van der Waals surface area (Å²) in [6, 6.07) is 7.41. The lowest BCUT2D eigenvalue weighted by Gasteiger charge is -2.08. The van der Waals surface area contributed by atoms with Crippen molar-refractivity contribution in [2.75, 3.05) is 0 Å².